The molecule has 0 rings (SSSR count). The van der Waals surface area contributed by atoms with Gasteiger partial charge in [0, 0.05) is 25.7 Å². The smallest absolute Gasteiger partial charge is 0.462 e. The average Bonchev–Trinajstić information content (AvgIpc) is 2.75. The third-order valence-electron chi connectivity index (χ3n) is 16.6. The summed E-state index contributed by atoms with van der Waals surface area (Å²) in [5.41, 5.74) is 0. The van der Waals surface area contributed by atoms with Crippen molar-refractivity contribution in [2.75, 3.05) is 39.6 Å². The molecule has 0 aliphatic rings. The molecule has 17 nitrogen and oxygen atoms in total. The van der Waals surface area contributed by atoms with Crippen LogP contribution in [-0.4, -0.2) is 96.7 Å². The van der Waals surface area contributed by atoms with Gasteiger partial charge in [-0.2, -0.15) is 0 Å². The number of esters is 4. The van der Waals surface area contributed by atoms with E-state index in [9.17, 15) is 43.2 Å². The first-order valence-electron chi connectivity index (χ1n) is 37.3. The fraction of sp³-hybridized carbons (Fsp3) is 0.944. The molecule has 0 amide bonds. The fourth-order valence-electron chi connectivity index (χ4n) is 10.9. The zero-order valence-corrected chi connectivity index (χ0v) is 61.1. The molecule has 0 saturated carbocycles. The Morgan fingerprint density at radius 3 is 0.747 bits per heavy atom. The molecule has 0 radical (unpaired) electrons. The molecule has 0 aromatic heterocycles. The topological polar surface area (TPSA) is 237 Å². The second-order valence-electron chi connectivity index (χ2n) is 27.4. The maximum absolute atomic E-state index is 13.0. The van der Waals surface area contributed by atoms with E-state index in [0.717, 1.165) is 108 Å². The van der Waals surface area contributed by atoms with E-state index in [1.807, 2.05) is 0 Å². The summed E-state index contributed by atoms with van der Waals surface area (Å²) >= 11 is 0. The number of rotatable bonds is 70. The zero-order chi connectivity index (χ0) is 67.3. The minimum atomic E-state index is -4.95. The van der Waals surface area contributed by atoms with Crippen LogP contribution in [0.3, 0.4) is 0 Å². The molecule has 0 aromatic carbocycles. The summed E-state index contributed by atoms with van der Waals surface area (Å²) in [5.74, 6) is 0.0743. The highest BCUT2D eigenvalue weighted by atomic mass is 31.2. The first-order valence-corrected chi connectivity index (χ1v) is 40.3. The van der Waals surface area contributed by atoms with E-state index in [2.05, 4.69) is 48.5 Å². The molecule has 0 aromatic rings. The van der Waals surface area contributed by atoms with E-state index in [1.165, 1.54) is 167 Å². The Morgan fingerprint density at radius 2 is 0.505 bits per heavy atom. The monoisotopic (exact) mass is 1340 g/mol. The molecule has 2 unspecified atom stereocenters. The summed E-state index contributed by atoms with van der Waals surface area (Å²) in [4.78, 5) is 72.6. The molecular weight excluding hydrogens is 1200 g/mol. The van der Waals surface area contributed by atoms with Gasteiger partial charge in [-0.25, -0.2) is 9.13 Å². The van der Waals surface area contributed by atoms with Crippen LogP contribution in [-0.2, 0) is 65.4 Å². The molecule has 0 heterocycles. The average molecular weight is 1340 g/mol. The third kappa shape index (κ3) is 66.5. The highest BCUT2D eigenvalue weighted by Crippen LogP contribution is 2.45. The van der Waals surface area contributed by atoms with Crippen molar-refractivity contribution in [2.45, 2.75) is 381 Å². The Hall–Kier alpha value is -1.94. The molecule has 0 saturated heterocycles. The lowest BCUT2D eigenvalue weighted by molar-refractivity contribution is -0.161. The van der Waals surface area contributed by atoms with Crippen LogP contribution in [0.4, 0.5) is 0 Å². The van der Waals surface area contributed by atoms with E-state index in [1.54, 1.807) is 0 Å². The summed E-state index contributed by atoms with van der Waals surface area (Å²) in [6.07, 6.45) is 47.4. The Labute approximate surface area is 556 Å². The van der Waals surface area contributed by atoms with Gasteiger partial charge in [0.2, 0.25) is 0 Å². The van der Waals surface area contributed by atoms with Crippen LogP contribution in [0.5, 0.6) is 0 Å². The van der Waals surface area contributed by atoms with Crippen LogP contribution in [0, 0.1) is 17.8 Å². The van der Waals surface area contributed by atoms with Crippen molar-refractivity contribution < 1.29 is 80.2 Å². The Kier molecular flexibility index (Phi) is 61.5. The number of phosphoric ester groups is 2. The number of carbonyl (C=O) groups excluding carboxylic acids is 4. The minimum Gasteiger partial charge on any atom is -0.462 e. The number of aliphatic hydroxyl groups is 1. The predicted octanol–water partition coefficient (Wildman–Crippen LogP) is 20.6. The lowest BCUT2D eigenvalue weighted by atomic mass is 10.0. The lowest BCUT2D eigenvalue weighted by Gasteiger charge is -2.21. The summed E-state index contributed by atoms with van der Waals surface area (Å²) < 4.78 is 68.3. The van der Waals surface area contributed by atoms with E-state index in [4.69, 9.17) is 37.0 Å². The molecule has 3 N–H and O–H groups in total. The lowest BCUT2D eigenvalue weighted by Crippen LogP contribution is -2.30. The molecule has 19 heteroatoms. The largest absolute Gasteiger partial charge is 0.472 e. The van der Waals surface area contributed by atoms with Gasteiger partial charge in [-0.1, -0.05) is 312 Å². The Morgan fingerprint density at radius 1 is 0.297 bits per heavy atom. The molecule has 5 atom stereocenters. The molecule has 0 spiro atoms. The summed E-state index contributed by atoms with van der Waals surface area (Å²) in [7, 11) is -9.90. The van der Waals surface area contributed by atoms with Gasteiger partial charge in [-0.3, -0.25) is 37.3 Å². The number of aliphatic hydroxyl groups excluding tert-OH is 1. The van der Waals surface area contributed by atoms with Crippen molar-refractivity contribution >= 4 is 39.5 Å². The highest BCUT2D eigenvalue weighted by molar-refractivity contribution is 7.47. The molecular formula is C72H140O17P2. The quantitative estimate of drug-likeness (QED) is 0.0222. The number of hydrogen-bond donors (Lipinski definition) is 3. The van der Waals surface area contributed by atoms with E-state index in [-0.39, 0.29) is 25.7 Å². The summed E-state index contributed by atoms with van der Waals surface area (Å²) in [6.45, 7) is 11.8. The standard InChI is InChI=1S/C72H140O17P2/c1-8-9-10-11-12-13-14-18-22-25-31-39-46-53-69(74)82-59-67(88-71(76)55-48-41-32-26-23-20-17-15-16-19-21-24-29-36-43-50-63(2)3)61-86-90(78,79)84-57-66(73)58-85-91(80,81)87-62-68(60-83-70(75)54-47-40-35-34-38-45-52-65(6)7)89-72(77)56-49-42-33-28-27-30-37-44-51-64(4)5/h63-68,73H,8-62H2,1-7H3,(H,78,79)(H,80,81)/t66-,67-,68-/m1/s1. The molecule has 0 aliphatic heterocycles. The van der Waals surface area contributed by atoms with Gasteiger partial charge in [0.05, 0.1) is 26.4 Å². The normalized spacial score (nSPS) is 14.2. The van der Waals surface area contributed by atoms with Crippen LogP contribution in [0.15, 0.2) is 0 Å². The number of ether oxygens (including phenoxy) is 4. The maximum atomic E-state index is 13.0. The summed E-state index contributed by atoms with van der Waals surface area (Å²) in [6, 6.07) is 0. The van der Waals surface area contributed by atoms with Gasteiger partial charge in [0.1, 0.15) is 19.3 Å². The SMILES string of the molecule is CCCCCCCCCCCCCCCC(=O)OC[C@H](COP(=O)(O)OC[C@@H](O)COP(=O)(O)OC[C@@H](COC(=O)CCCCCCCCC(C)C)OC(=O)CCCCCCCCCCC(C)C)OC(=O)CCCCCCCCCCCCCCCCCC(C)C. The van der Waals surface area contributed by atoms with Crippen LogP contribution >= 0.6 is 15.6 Å². The van der Waals surface area contributed by atoms with E-state index in [0.29, 0.717) is 31.6 Å². The van der Waals surface area contributed by atoms with E-state index < -0.39 is 97.5 Å². The van der Waals surface area contributed by atoms with Crippen molar-refractivity contribution in [3.05, 3.63) is 0 Å². The van der Waals surface area contributed by atoms with Gasteiger partial charge in [-0.15, -0.1) is 0 Å². The Balaban J connectivity index is 5.22. The van der Waals surface area contributed by atoms with Crippen molar-refractivity contribution in [3.8, 4) is 0 Å². The fourth-order valence-corrected chi connectivity index (χ4v) is 12.5. The summed E-state index contributed by atoms with van der Waals surface area (Å²) in [5, 5.41) is 10.6. The predicted molar refractivity (Wildman–Crippen MR) is 368 cm³/mol. The third-order valence-corrected chi connectivity index (χ3v) is 18.5. The molecule has 0 aliphatic carbocycles. The number of phosphoric acid groups is 2. The number of hydrogen-bond acceptors (Lipinski definition) is 15. The molecule has 540 valence electrons. The van der Waals surface area contributed by atoms with Crippen LogP contribution in [0.2, 0.25) is 0 Å². The first-order chi connectivity index (χ1) is 43.7. The van der Waals surface area contributed by atoms with Crippen molar-refractivity contribution in [1.29, 1.82) is 0 Å². The number of carbonyl (C=O) groups is 4. The van der Waals surface area contributed by atoms with Crippen molar-refractivity contribution in [2.24, 2.45) is 17.8 Å². The van der Waals surface area contributed by atoms with Crippen LogP contribution in [0.1, 0.15) is 363 Å². The van der Waals surface area contributed by atoms with Crippen LogP contribution < -0.4 is 0 Å². The zero-order valence-electron chi connectivity index (χ0n) is 59.3. The van der Waals surface area contributed by atoms with E-state index >= 15 is 0 Å². The second-order valence-corrected chi connectivity index (χ2v) is 30.3. The Bertz CT molecular complexity index is 1780. The molecule has 0 fully saturated rings. The van der Waals surface area contributed by atoms with Gasteiger partial charge in [0.25, 0.3) is 0 Å². The van der Waals surface area contributed by atoms with Crippen molar-refractivity contribution in [3.63, 3.8) is 0 Å². The first kappa shape index (κ1) is 89.1. The van der Waals surface area contributed by atoms with Gasteiger partial charge < -0.3 is 33.8 Å². The minimum absolute atomic E-state index is 0.103. The number of unbranched alkanes of at least 4 members (excludes halogenated alkanes) is 38. The van der Waals surface area contributed by atoms with Gasteiger partial charge in [0.15, 0.2) is 12.2 Å². The second kappa shape index (κ2) is 62.8. The van der Waals surface area contributed by atoms with Gasteiger partial charge in [-0.05, 0) is 43.4 Å². The molecule has 91 heavy (non-hydrogen) atoms. The van der Waals surface area contributed by atoms with Gasteiger partial charge >= 0.3 is 39.5 Å². The maximum Gasteiger partial charge on any atom is 0.472 e. The molecule has 0 bridgehead atoms. The van der Waals surface area contributed by atoms with Crippen molar-refractivity contribution in [1.82, 2.24) is 0 Å². The van der Waals surface area contributed by atoms with Crippen LogP contribution in [0.25, 0.3) is 0 Å². The highest BCUT2D eigenvalue weighted by Gasteiger charge is 2.30.